The van der Waals surface area contributed by atoms with Crippen LogP contribution in [0.25, 0.3) is 0 Å². The van der Waals surface area contributed by atoms with E-state index in [0.717, 1.165) is 6.08 Å². The van der Waals surface area contributed by atoms with Crippen LogP contribution >= 0.6 is 0 Å². The van der Waals surface area contributed by atoms with Crippen molar-refractivity contribution in [3.05, 3.63) is 12.2 Å². The van der Waals surface area contributed by atoms with Gasteiger partial charge in [-0.2, -0.15) is 4.99 Å². The Morgan fingerprint density at radius 2 is 1.94 bits per heavy atom. The van der Waals surface area contributed by atoms with Crippen molar-refractivity contribution in [3.8, 4) is 0 Å². The zero-order chi connectivity index (χ0) is 14.2. The second-order valence-corrected chi connectivity index (χ2v) is 4.90. The molecule has 0 aliphatic rings. The monoisotopic (exact) mass is 261 g/mol. The Balaban J connectivity index is 4.04. The van der Waals surface area contributed by atoms with E-state index < -0.39 is 17.6 Å². The third-order valence-electron chi connectivity index (χ3n) is 1.79. The van der Waals surface area contributed by atoms with E-state index in [1.165, 1.54) is 12.3 Å². The number of hydrogen-bond donors (Lipinski definition) is 0. The molecule has 0 aromatic heterocycles. The first-order valence-corrected chi connectivity index (χ1v) is 5.97. The van der Waals surface area contributed by atoms with Crippen LogP contribution in [0.4, 0.5) is 13.6 Å². The minimum Gasteiger partial charge on any atom is -0.442 e. The van der Waals surface area contributed by atoms with Crippen LogP contribution in [0.5, 0.6) is 0 Å². The molecule has 0 saturated heterocycles. The molecule has 3 nitrogen and oxygen atoms in total. The number of carbonyl (C=O) groups excluding carboxylic acids is 1. The van der Waals surface area contributed by atoms with Gasteiger partial charge in [0.05, 0.1) is 0 Å². The summed E-state index contributed by atoms with van der Waals surface area (Å²) in [6.45, 7) is 6.93. The zero-order valence-corrected chi connectivity index (χ0v) is 11.4. The van der Waals surface area contributed by atoms with Crippen LogP contribution in [0.3, 0.4) is 0 Å². The fourth-order valence-electron chi connectivity index (χ4n) is 1.06. The SMILES string of the molecule is CC/C=C/C(F)(F)CCC=NC(=O)OC(C)(C)C. The third-order valence-corrected chi connectivity index (χ3v) is 1.79. The summed E-state index contributed by atoms with van der Waals surface area (Å²) in [6, 6.07) is 0. The molecule has 1 amide bonds. The van der Waals surface area contributed by atoms with Gasteiger partial charge in [0.25, 0.3) is 5.92 Å². The Bertz CT molecular complexity index is 317. The van der Waals surface area contributed by atoms with Crippen LogP contribution < -0.4 is 0 Å². The number of allylic oxidation sites excluding steroid dienone is 2. The van der Waals surface area contributed by atoms with E-state index in [2.05, 4.69) is 4.99 Å². The summed E-state index contributed by atoms with van der Waals surface area (Å²) in [6.07, 6.45) is 2.95. The van der Waals surface area contributed by atoms with Gasteiger partial charge in [0.15, 0.2) is 0 Å². The second kappa shape index (κ2) is 7.24. The fraction of sp³-hybridized carbons (Fsp3) is 0.692. The molecule has 0 aromatic rings. The number of alkyl halides is 2. The number of halogens is 2. The summed E-state index contributed by atoms with van der Waals surface area (Å²) in [5.74, 6) is -2.85. The summed E-state index contributed by atoms with van der Waals surface area (Å²) < 4.78 is 31.2. The number of nitrogens with zero attached hydrogens (tertiary/aromatic N) is 1. The number of hydrogen-bond acceptors (Lipinski definition) is 2. The average Bonchev–Trinajstić information content (AvgIpc) is 2.19. The van der Waals surface area contributed by atoms with Crippen LogP contribution in [0.1, 0.15) is 47.0 Å². The predicted molar refractivity (Wildman–Crippen MR) is 68.3 cm³/mol. The minimum atomic E-state index is -2.85. The van der Waals surface area contributed by atoms with Gasteiger partial charge in [0, 0.05) is 12.6 Å². The summed E-state index contributed by atoms with van der Waals surface area (Å²) in [5.41, 5.74) is -0.623. The first kappa shape index (κ1) is 16.7. The van der Waals surface area contributed by atoms with Crippen molar-refractivity contribution in [1.29, 1.82) is 0 Å². The lowest BCUT2D eigenvalue weighted by molar-refractivity contribution is 0.0474. The third kappa shape index (κ3) is 9.93. The second-order valence-electron chi connectivity index (χ2n) is 4.90. The molecule has 0 aliphatic heterocycles. The van der Waals surface area contributed by atoms with E-state index in [-0.39, 0.29) is 12.8 Å². The van der Waals surface area contributed by atoms with Crippen LogP contribution in [0.2, 0.25) is 0 Å². The molecular formula is C13H21F2NO2. The van der Waals surface area contributed by atoms with Crippen molar-refractivity contribution >= 4 is 12.3 Å². The van der Waals surface area contributed by atoms with Gasteiger partial charge in [0.1, 0.15) is 5.60 Å². The van der Waals surface area contributed by atoms with E-state index in [9.17, 15) is 13.6 Å². The van der Waals surface area contributed by atoms with Crippen molar-refractivity contribution in [2.75, 3.05) is 0 Å². The molecule has 5 heteroatoms. The Morgan fingerprint density at radius 3 is 2.44 bits per heavy atom. The van der Waals surface area contributed by atoms with E-state index in [1.807, 2.05) is 0 Å². The molecule has 0 unspecified atom stereocenters. The number of carbonyl (C=O) groups is 1. The van der Waals surface area contributed by atoms with Crippen molar-refractivity contribution in [3.63, 3.8) is 0 Å². The molecule has 0 fully saturated rings. The molecular weight excluding hydrogens is 240 g/mol. The average molecular weight is 261 g/mol. The lowest BCUT2D eigenvalue weighted by atomic mass is 10.1. The molecule has 0 saturated carbocycles. The Morgan fingerprint density at radius 1 is 1.33 bits per heavy atom. The smallest absolute Gasteiger partial charge is 0.433 e. The van der Waals surface area contributed by atoms with E-state index in [4.69, 9.17) is 4.74 Å². The highest BCUT2D eigenvalue weighted by molar-refractivity contribution is 5.79. The maximum absolute atomic E-state index is 13.1. The number of ether oxygens (including phenoxy) is 1. The maximum atomic E-state index is 13.1. The molecule has 0 heterocycles. The lowest BCUT2D eigenvalue weighted by Gasteiger charge is -2.17. The summed E-state index contributed by atoms with van der Waals surface area (Å²) in [5, 5.41) is 0. The number of rotatable bonds is 5. The Hall–Kier alpha value is -1.26. The number of aliphatic imine (C=N–C) groups is 1. The van der Waals surface area contributed by atoms with Gasteiger partial charge in [-0.15, -0.1) is 0 Å². The first-order valence-electron chi connectivity index (χ1n) is 5.97. The van der Waals surface area contributed by atoms with Gasteiger partial charge >= 0.3 is 6.09 Å². The molecule has 18 heavy (non-hydrogen) atoms. The van der Waals surface area contributed by atoms with Crippen LogP contribution in [-0.4, -0.2) is 23.8 Å². The standard InChI is InChI=1S/C13H21F2NO2/c1-5-6-8-13(14,15)9-7-10-16-11(17)18-12(2,3)4/h6,8,10H,5,7,9H2,1-4H3/b8-6+,16-10?. The summed E-state index contributed by atoms with van der Waals surface area (Å²) in [7, 11) is 0. The van der Waals surface area contributed by atoms with E-state index >= 15 is 0 Å². The highest BCUT2D eigenvalue weighted by Crippen LogP contribution is 2.21. The van der Waals surface area contributed by atoms with Gasteiger partial charge in [-0.3, -0.25) is 0 Å². The fourth-order valence-corrected chi connectivity index (χ4v) is 1.06. The molecule has 0 bridgehead atoms. The van der Waals surface area contributed by atoms with E-state index in [0.29, 0.717) is 6.42 Å². The highest BCUT2D eigenvalue weighted by Gasteiger charge is 2.23. The quantitative estimate of drug-likeness (QED) is 0.544. The van der Waals surface area contributed by atoms with Gasteiger partial charge in [-0.1, -0.05) is 13.0 Å². The van der Waals surface area contributed by atoms with Crippen molar-refractivity contribution in [2.45, 2.75) is 58.5 Å². The molecule has 0 atom stereocenters. The van der Waals surface area contributed by atoms with Gasteiger partial charge < -0.3 is 4.74 Å². The maximum Gasteiger partial charge on any atom is 0.433 e. The van der Waals surface area contributed by atoms with Gasteiger partial charge in [0.2, 0.25) is 0 Å². The van der Waals surface area contributed by atoms with Crippen molar-refractivity contribution in [2.24, 2.45) is 4.99 Å². The minimum absolute atomic E-state index is 0.0281. The van der Waals surface area contributed by atoms with Crippen LogP contribution in [0.15, 0.2) is 17.1 Å². The van der Waals surface area contributed by atoms with Crippen molar-refractivity contribution < 1.29 is 18.3 Å². The summed E-state index contributed by atoms with van der Waals surface area (Å²) in [4.78, 5) is 14.6. The normalized spacial score (nSPS) is 13.4. The Labute approximate surface area is 107 Å². The largest absolute Gasteiger partial charge is 0.442 e. The predicted octanol–water partition coefficient (Wildman–Crippen LogP) is 4.37. The molecule has 0 N–H and O–H groups in total. The van der Waals surface area contributed by atoms with Gasteiger partial charge in [-0.25, -0.2) is 13.6 Å². The summed E-state index contributed by atoms with van der Waals surface area (Å²) >= 11 is 0. The molecule has 0 rings (SSSR count). The molecule has 0 aliphatic carbocycles. The Kier molecular flexibility index (Phi) is 6.73. The molecule has 0 radical (unpaired) electrons. The van der Waals surface area contributed by atoms with Crippen LogP contribution in [0, 0.1) is 0 Å². The van der Waals surface area contributed by atoms with Gasteiger partial charge in [-0.05, 0) is 39.7 Å². The van der Waals surface area contributed by atoms with Crippen LogP contribution in [-0.2, 0) is 4.74 Å². The molecule has 0 spiro atoms. The molecule has 104 valence electrons. The first-order chi connectivity index (χ1) is 8.16. The molecule has 0 aromatic carbocycles. The number of amides is 1. The lowest BCUT2D eigenvalue weighted by Crippen LogP contribution is -2.22. The zero-order valence-electron chi connectivity index (χ0n) is 11.4. The highest BCUT2D eigenvalue weighted by atomic mass is 19.3. The van der Waals surface area contributed by atoms with E-state index in [1.54, 1.807) is 27.7 Å². The topological polar surface area (TPSA) is 38.7 Å². The van der Waals surface area contributed by atoms with Crippen molar-refractivity contribution in [1.82, 2.24) is 0 Å².